The molecule has 294 valence electrons. The lowest BCUT2D eigenvalue weighted by Crippen LogP contribution is -2.32. The van der Waals surface area contributed by atoms with Crippen LogP contribution in [0.5, 0.6) is 0 Å². The molecule has 9 aromatic carbocycles. The molecule has 1 aliphatic carbocycles. The van der Waals surface area contributed by atoms with Gasteiger partial charge in [0.15, 0.2) is 0 Å². The number of fused-ring (bicyclic) bond motifs is 6. The van der Waals surface area contributed by atoms with Crippen LogP contribution in [0.15, 0.2) is 255 Å². The molecule has 11 rings (SSSR count). The number of hydrogen-bond donors (Lipinski definition) is 0. The number of para-hydroxylation sites is 3. The van der Waals surface area contributed by atoms with E-state index in [4.69, 9.17) is 6.58 Å². The average molecular weight is 793 g/mol. The third-order valence-electron chi connectivity index (χ3n) is 12.7. The lowest BCUT2D eigenvalue weighted by molar-refractivity contribution is 0.736. The Morgan fingerprint density at radius 3 is 1.84 bits per heavy atom. The fourth-order valence-corrected chi connectivity index (χ4v) is 9.93. The molecule has 1 heterocycles. The SMILES string of the molecule is C=C1/C=C\C=C/Cc2ccc(-n3c4cc(-c5ccccc5N(c5ccccc5)c5ccccc5)ccc4c4c5ccccc5ccc43)cc2C1(c1ccccc1)c1ccccc1. The predicted molar refractivity (Wildman–Crippen MR) is 262 cm³/mol. The lowest BCUT2D eigenvalue weighted by atomic mass is 9.63. The van der Waals surface area contributed by atoms with Gasteiger partial charge >= 0.3 is 0 Å². The van der Waals surface area contributed by atoms with Gasteiger partial charge in [0.1, 0.15) is 0 Å². The molecule has 2 heteroatoms. The van der Waals surface area contributed by atoms with Crippen LogP contribution in [0.3, 0.4) is 0 Å². The normalized spacial score (nSPS) is 14.5. The summed E-state index contributed by atoms with van der Waals surface area (Å²) < 4.78 is 2.50. The highest BCUT2D eigenvalue weighted by Crippen LogP contribution is 2.49. The molecule has 0 radical (unpaired) electrons. The van der Waals surface area contributed by atoms with Gasteiger partial charge in [-0.05, 0) is 105 Å². The molecule has 0 aliphatic heterocycles. The quantitative estimate of drug-likeness (QED) is 0.156. The highest BCUT2D eigenvalue weighted by atomic mass is 15.1. The highest BCUT2D eigenvalue weighted by molar-refractivity contribution is 6.21. The van der Waals surface area contributed by atoms with Crippen LogP contribution < -0.4 is 4.90 Å². The molecule has 0 unspecified atom stereocenters. The van der Waals surface area contributed by atoms with E-state index in [0.717, 1.165) is 51.4 Å². The van der Waals surface area contributed by atoms with Crippen molar-refractivity contribution in [1.29, 1.82) is 0 Å². The first-order valence-electron chi connectivity index (χ1n) is 21.4. The maximum Gasteiger partial charge on any atom is 0.0699 e. The molecule has 0 spiro atoms. The van der Waals surface area contributed by atoms with Crippen molar-refractivity contribution in [2.45, 2.75) is 11.8 Å². The Morgan fingerprint density at radius 2 is 1.13 bits per heavy atom. The van der Waals surface area contributed by atoms with E-state index in [-0.39, 0.29) is 0 Å². The molecule has 0 saturated carbocycles. The fourth-order valence-electron chi connectivity index (χ4n) is 9.93. The summed E-state index contributed by atoms with van der Waals surface area (Å²) in [6.07, 6.45) is 9.56. The summed E-state index contributed by atoms with van der Waals surface area (Å²) in [4.78, 5) is 2.36. The second kappa shape index (κ2) is 15.6. The molecule has 1 aliphatic rings. The number of anilines is 3. The van der Waals surface area contributed by atoms with Crippen molar-refractivity contribution in [2.75, 3.05) is 4.90 Å². The molecule has 0 fully saturated rings. The van der Waals surface area contributed by atoms with Crippen molar-refractivity contribution >= 4 is 49.6 Å². The summed E-state index contributed by atoms with van der Waals surface area (Å²) in [6.45, 7) is 4.87. The molecule has 0 atom stereocenters. The van der Waals surface area contributed by atoms with Crippen LogP contribution in [0.2, 0.25) is 0 Å². The summed E-state index contributed by atoms with van der Waals surface area (Å²) in [5.74, 6) is 0. The van der Waals surface area contributed by atoms with E-state index in [1.165, 1.54) is 49.3 Å². The van der Waals surface area contributed by atoms with E-state index < -0.39 is 5.41 Å². The predicted octanol–water partition coefficient (Wildman–Crippen LogP) is 15.6. The standard InChI is InChI=1S/C60H44N2/c1-43-21-7-2-8-23-45-35-38-51(42-55(45)60(43,47-24-9-3-10-25-47)48-26-11-4-12-27-48)62-57-40-37-44-22-17-18-33-53(44)59(57)54-39-36-46(41-58(54)62)52-32-19-20-34-56(52)61(49-28-13-5-14-29-49)50-30-15-6-16-31-50/h2-22,24-42H,1,23H2/b8-2-,21-7-. The van der Waals surface area contributed by atoms with Gasteiger partial charge in [0.2, 0.25) is 0 Å². The molecule has 10 aromatic rings. The van der Waals surface area contributed by atoms with E-state index in [1.54, 1.807) is 0 Å². The van der Waals surface area contributed by atoms with Gasteiger partial charge in [0.25, 0.3) is 0 Å². The zero-order valence-corrected chi connectivity index (χ0v) is 34.4. The van der Waals surface area contributed by atoms with Crippen LogP contribution in [0, 0.1) is 0 Å². The molecular weight excluding hydrogens is 749 g/mol. The van der Waals surface area contributed by atoms with Crippen molar-refractivity contribution in [3.05, 3.63) is 277 Å². The van der Waals surface area contributed by atoms with E-state index in [1.807, 2.05) is 0 Å². The van der Waals surface area contributed by atoms with Crippen molar-refractivity contribution in [2.24, 2.45) is 0 Å². The Labute approximate surface area is 363 Å². The van der Waals surface area contributed by atoms with Gasteiger partial charge in [-0.15, -0.1) is 0 Å². The molecular formula is C60H44N2. The highest BCUT2D eigenvalue weighted by Gasteiger charge is 2.40. The molecule has 2 nitrogen and oxygen atoms in total. The Hall–Kier alpha value is -7.94. The van der Waals surface area contributed by atoms with Crippen molar-refractivity contribution in [1.82, 2.24) is 4.57 Å². The van der Waals surface area contributed by atoms with Gasteiger partial charge in [0, 0.05) is 33.4 Å². The van der Waals surface area contributed by atoms with Crippen LogP contribution in [0.4, 0.5) is 17.1 Å². The second-order valence-corrected chi connectivity index (χ2v) is 16.1. The van der Waals surface area contributed by atoms with E-state index in [2.05, 4.69) is 252 Å². The Bertz CT molecular complexity index is 3240. The first kappa shape index (κ1) is 37.1. The number of rotatable bonds is 7. The minimum Gasteiger partial charge on any atom is -0.310 e. The van der Waals surface area contributed by atoms with Gasteiger partial charge in [-0.3, -0.25) is 0 Å². The van der Waals surface area contributed by atoms with Crippen LogP contribution >= 0.6 is 0 Å². The zero-order chi connectivity index (χ0) is 41.5. The molecule has 0 N–H and O–H groups in total. The monoisotopic (exact) mass is 792 g/mol. The Balaban J connectivity index is 1.20. The largest absolute Gasteiger partial charge is 0.310 e. The number of nitrogens with zero attached hydrogens (tertiary/aromatic N) is 2. The maximum atomic E-state index is 4.87. The summed E-state index contributed by atoms with van der Waals surface area (Å²) in [7, 11) is 0. The first-order chi connectivity index (χ1) is 30.7. The zero-order valence-electron chi connectivity index (χ0n) is 34.4. The van der Waals surface area contributed by atoms with Crippen LogP contribution in [0.25, 0.3) is 49.4 Å². The summed E-state index contributed by atoms with van der Waals surface area (Å²) >= 11 is 0. The topological polar surface area (TPSA) is 8.17 Å². The van der Waals surface area contributed by atoms with Gasteiger partial charge in [-0.1, -0.05) is 195 Å². The fraction of sp³-hybridized carbons (Fsp3) is 0.0333. The summed E-state index contributed by atoms with van der Waals surface area (Å²) in [5, 5.41) is 4.95. The van der Waals surface area contributed by atoms with Gasteiger partial charge in [0.05, 0.1) is 22.1 Å². The van der Waals surface area contributed by atoms with Gasteiger partial charge in [-0.2, -0.15) is 0 Å². The number of hydrogen-bond acceptors (Lipinski definition) is 1. The van der Waals surface area contributed by atoms with Gasteiger partial charge < -0.3 is 9.47 Å². The van der Waals surface area contributed by atoms with E-state index >= 15 is 0 Å². The molecule has 0 saturated heterocycles. The van der Waals surface area contributed by atoms with E-state index in [9.17, 15) is 0 Å². The molecule has 0 amide bonds. The van der Waals surface area contributed by atoms with Crippen LogP contribution in [-0.2, 0) is 11.8 Å². The lowest BCUT2D eigenvalue weighted by Gasteiger charge is -2.38. The Morgan fingerprint density at radius 1 is 0.500 bits per heavy atom. The summed E-state index contributed by atoms with van der Waals surface area (Å²) in [5.41, 5.74) is 14.3. The van der Waals surface area contributed by atoms with Crippen LogP contribution in [-0.4, -0.2) is 4.57 Å². The van der Waals surface area contributed by atoms with Crippen LogP contribution in [0.1, 0.15) is 22.3 Å². The van der Waals surface area contributed by atoms with Crippen molar-refractivity contribution in [3.63, 3.8) is 0 Å². The molecule has 0 bridgehead atoms. The minimum absolute atomic E-state index is 0.649. The van der Waals surface area contributed by atoms with Crippen molar-refractivity contribution < 1.29 is 0 Å². The maximum absolute atomic E-state index is 4.87. The van der Waals surface area contributed by atoms with Gasteiger partial charge in [-0.25, -0.2) is 0 Å². The Kier molecular flexibility index (Phi) is 9.32. The molecule has 1 aromatic heterocycles. The third kappa shape index (κ3) is 6.11. The number of aromatic nitrogens is 1. The average Bonchev–Trinajstić information content (AvgIpc) is 3.70. The van der Waals surface area contributed by atoms with E-state index in [0.29, 0.717) is 0 Å². The molecule has 62 heavy (non-hydrogen) atoms. The number of allylic oxidation sites excluding steroid dienone is 5. The smallest absolute Gasteiger partial charge is 0.0699 e. The third-order valence-corrected chi connectivity index (χ3v) is 12.7. The minimum atomic E-state index is -0.649. The second-order valence-electron chi connectivity index (χ2n) is 16.1. The van der Waals surface area contributed by atoms with Crippen molar-refractivity contribution in [3.8, 4) is 16.8 Å². The number of benzene rings is 9. The first-order valence-corrected chi connectivity index (χ1v) is 21.4. The summed E-state index contributed by atoms with van der Waals surface area (Å²) in [6, 6.07) is 79.5.